The summed E-state index contributed by atoms with van der Waals surface area (Å²) >= 11 is 0. The Morgan fingerprint density at radius 1 is 1.25 bits per heavy atom. The molecule has 1 aromatic heterocycles. The largest absolute Gasteiger partial charge is 0.379 e. The highest BCUT2D eigenvalue weighted by Gasteiger charge is 2.35. The molecule has 2 aliphatic rings. The smallest absolute Gasteiger partial charge is 0.214 e. The molecule has 0 amide bonds. The average molecular weight is 353 g/mol. The van der Waals surface area contributed by atoms with E-state index in [0.29, 0.717) is 13.0 Å². The van der Waals surface area contributed by atoms with Crippen molar-refractivity contribution in [2.24, 2.45) is 0 Å². The van der Waals surface area contributed by atoms with Crippen molar-refractivity contribution in [3.8, 4) is 0 Å². The molecule has 0 bridgehead atoms. The number of sulfonamides is 1. The van der Waals surface area contributed by atoms with Crippen LogP contribution >= 0.6 is 0 Å². The standard InChI is InChI=1S/C17H27N3O3S/c1-2-13-24(21,22)20-8-4-7-17(20)16-6-3-5-15(18-16)14-19-9-11-23-12-10-19/h3,5-6,17H,2,4,7-14H2,1H3/t17-/m0/s1. The lowest BCUT2D eigenvalue weighted by Crippen LogP contribution is -2.36. The summed E-state index contributed by atoms with van der Waals surface area (Å²) in [7, 11) is -3.18. The van der Waals surface area contributed by atoms with Gasteiger partial charge in [-0.3, -0.25) is 9.88 Å². The second-order valence-electron chi connectivity index (χ2n) is 6.53. The fourth-order valence-electron chi connectivity index (χ4n) is 3.50. The minimum Gasteiger partial charge on any atom is -0.379 e. The van der Waals surface area contributed by atoms with Gasteiger partial charge in [-0.2, -0.15) is 4.31 Å². The Bertz CT molecular complexity index is 644. The van der Waals surface area contributed by atoms with Gasteiger partial charge in [-0.05, 0) is 31.4 Å². The second kappa shape index (κ2) is 7.91. The minimum absolute atomic E-state index is 0.105. The van der Waals surface area contributed by atoms with Gasteiger partial charge in [0.25, 0.3) is 0 Å². The van der Waals surface area contributed by atoms with E-state index >= 15 is 0 Å². The van der Waals surface area contributed by atoms with Crippen LogP contribution in [0.2, 0.25) is 0 Å². The molecular formula is C17H27N3O3S. The molecule has 1 aromatic rings. The van der Waals surface area contributed by atoms with E-state index in [2.05, 4.69) is 4.90 Å². The number of hydrogen-bond acceptors (Lipinski definition) is 5. The number of aromatic nitrogens is 1. The first-order valence-electron chi connectivity index (χ1n) is 8.85. The maximum absolute atomic E-state index is 12.5. The van der Waals surface area contributed by atoms with E-state index in [1.54, 1.807) is 4.31 Å². The first-order valence-corrected chi connectivity index (χ1v) is 10.5. The zero-order valence-corrected chi connectivity index (χ0v) is 15.2. The summed E-state index contributed by atoms with van der Waals surface area (Å²) in [6.45, 7) is 6.70. The molecule has 1 atom stereocenters. The van der Waals surface area contributed by atoms with Crippen molar-refractivity contribution in [2.75, 3.05) is 38.6 Å². The van der Waals surface area contributed by atoms with Gasteiger partial charge in [-0.25, -0.2) is 8.42 Å². The van der Waals surface area contributed by atoms with Gasteiger partial charge in [-0.15, -0.1) is 0 Å². The highest BCUT2D eigenvalue weighted by atomic mass is 32.2. The van der Waals surface area contributed by atoms with Crippen molar-refractivity contribution < 1.29 is 13.2 Å². The van der Waals surface area contributed by atoms with Crippen LogP contribution in [0.25, 0.3) is 0 Å². The summed E-state index contributed by atoms with van der Waals surface area (Å²) in [6, 6.07) is 5.89. The van der Waals surface area contributed by atoms with Crippen molar-refractivity contribution in [1.29, 1.82) is 0 Å². The average Bonchev–Trinajstić information content (AvgIpc) is 3.07. The van der Waals surface area contributed by atoms with Gasteiger partial charge in [0.1, 0.15) is 0 Å². The van der Waals surface area contributed by atoms with Gasteiger partial charge in [-0.1, -0.05) is 13.0 Å². The molecule has 0 aromatic carbocycles. The van der Waals surface area contributed by atoms with E-state index in [1.165, 1.54) is 0 Å². The van der Waals surface area contributed by atoms with Crippen LogP contribution in [0.3, 0.4) is 0 Å². The SMILES string of the molecule is CCCS(=O)(=O)N1CCC[C@H]1c1cccc(CN2CCOCC2)n1. The van der Waals surface area contributed by atoms with E-state index in [0.717, 1.165) is 57.1 Å². The van der Waals surface area contributed by atoms with Crippen LogP contribution in [-0.4, -0.2) is 61.2 Å². The van der Waals surface area contributed by atoms with Crippen LogP contribution in [0.15, 0.2) is 18.2 Å². The van der Waals surface area contributed by atoms with Crippen LogP contribution < -0.4 is 0 Å². The molecule has 0 saturated carbocycles. The molecule has 24 heavy (non-hydrogen) atoms. The second-order valence-corrected chi connectivity index (χ2v) is 8.57. The Morgan fingerprint density at radius 3 is 2.79 bits per heavy atom. The Balaban J connectivity index is 1.75. The lowest BCUT2D eigenvalue weighted by molar-refractivity contribution is 0.0336. The third kappa shape index (κ3) is 4.14. The van der Waals surface area contributed by atoms with Crippen molar-refractivity contribution in [3.05, 3.63) is 29.6 Å². The Morgan fingerprint density at radius 2 is 2.04 bits per heavy atom. The van der Waals surface area contributed by atoms with Crippen LogP contribution in [-0.2, 0) is 21.3 Å². The molecule has 0 N–H and O–H groups in total. The molecule has 3 rings (SSSR count). The fraction of sp³-hybridized carbons (Fsp3) is 0.706. The normalized spacial score (nSPS) is 23.6. The minimum atomic E-state index is -3.18. The van der Waals surface area contributed by atoms with Gasteiger partial charge < -0.3 is 4.74 Å². The van der Waals surface area contributed by atoms with Gasteiger partial charge in [0, 0.05) is 26.2 Å². The molecule has 2 fully saturated rings. The molecule has 0 radical (unpaired) electrons. The van der Waals surface area contributed by atoms with Gasteiger partial charge >= 0.3 is 0 Å². The molecule has 6 nitrogen and oxygen atoms in total. The first-order chi connectivity index (χ1) is 11.6. The molecule has 2 aliphatic heterocycles. The maximum Gasteiger partial charge on any atom is 0.214 e. The molecule has 134 valence electrons. The van der Waals surface area contributed by atoms with E-state index in [1.807, 2.05) is 25.1 Å². The summed E-state index contributed by atoms with van der Waals surface area (Å²) < 4.78 is 32.0. The summed E-state index contributed by atoms with van der Waals surface area (Å²) in [6.07, 6.45) is 2.41. The third-order valence-corrected chi connectivity index (χ3v) is 6.76. The number of ether oxygens (including phenoxy) is 1. The van der Waals surface area contributed by atoms with Gasteiger partial charge in [0.2, 0.25) is 10.0 Å². The fourth-order valence-corrected chi connectivity index (χ4v) is 5.26. The van der Waals surface area contributed by atoms with Crippen LogP contribution in [0.4, 0.5) is 0 Å². The van der Waals surface area contributed by atoms with Crippen LogP contribution in [0, 0.1) is 0 Å². The molecule has 0 unspecified atom stereocenters. The Labute approximate surface area is 144 Å². The number of rotatable bonds is 6. The van der Waals surface area contributed by atoms with Crippen molar-refractivity contribution in [3.63, 3.8) is 0 Å². The quantitative estimate of drug-likeness (QED) is 0.780. The molecule has 0 spiro atoms. The number of morpholine rings is 1. The van der Waals surface area contributed by atoms with E-state index < -0.39 is 10.0 Å². The lowest BCUT2D eigenvalue weighted by Gasteiger charge is -2.27. The summed E-state index contributed by atoms with van der Waals surface area (Å²) in [5.74, 6) is 0.219. The van der Waals surface area contributed by atoms with Crippen molar-refractivity contribution in [2.45, 2.75) is 38.8 Å². The van der Waals surface area contributed by atoms with Crippen molar-refractivity contribution in [1.82, 2.24) is 14.2 Å². The van der Waals surface area contributed by atoms with Crippen LogP contribution in [0.5, 0.6) is 0 Å². The number of hydrogen-bond donors (Lipinski definition) is 0. The van der Waals surface area contributed by atoms with Gasteiger partial charge in [0.05, 0.1) is 36.4 Å². The molecule has 0 aliphatic carbocycles. The lowest BCUT2D eigenvalue weighted by atomic mass is 10.1. The third-order valence-electron chi connectivity index (χ3n) is 4.68. The highest BCUT2D eigenvalue weighted by molar-refractivity contribution is 7.89. The van der Waals surface area contributed by atoms with Crippen molar-refractivity contribution >= 4 is 10.0 Å². The monoisotopic (exact) mass is 353 g/mol. The Hall–Kier alpha value is -1.02. The zero-order valence-electron chi connectivity index (χ0n) is 14.4. The molecular weight excluding hydrogens is 326 g/mol. The summed E-state index contributed by atoms with van der Waals surface area (Å²) in [4.78, 5) is 7.11. The summed E-state index contributed by atoms with van der Waals surface area (Å²) in [5.41, 5.74) is 1.90. The Kier molecular flexibility index (Phi) is 5.86. The van der Waals surface area contributed by atoms with E-state index in [4.69, 9.17) is 9.72 Å². The highest BCUT2D eigenvalue weighted by Crippen LogP contribution is 2.33. The van der Waals surface area contributed by atoms with Gasteiger partial charge in [0.15, 0.2) is 0 Å². The number of pyridine rings is 1. The number of nitrogens with zero attached hydrogens (tertiary/aromatic N) is 3. The van der Waals surface area contributed by atoms with Crippen LogP contribution in [0.1, 0.15) is 43.6 Å². The maximum atomic E-state index is 12.5. The van der Waals surface area contributed by atoms with E-state index in [-0.39, 0.29) is 11.8 Å². The predicted octanol–water partition coefficient (Wildman–Crippen LogP) is 1.79. The molecule has 3 heterocycles. The zero-order chi connectivity index (χ0) is 17.0. The molecule has 2 saturated heterocycles. The first kappa shape index (κ1) is 17.8. The topological polar surface area (TPSA) is 62.7 Å². The molecule has 7 heteroatoms. The van der Waals surface area contributed by atoms with E-state index in [9.17, 15) is 8.42 Å². The predicted molar refractivity (Wildman–Crippen MR) is 93.1 cm³/mol. The summed E-state index contributed by atoms with van der Waals surface area (Å²) in [5, 5.41) is 0.